The predicted molar refractivity (Wildman–Crippen MR) is 89.0 cm³/mol. The van der Waals surface area contributed by atoms with E-state index in [0.717, 1.165) is 16.8 Å². The van der Waals surface area contributed by atoms with Gasteiger partial charge in [0.2, 0.25) is 5.91 Å². The summed E-state index contributed by atoms with van der Waals surface area (Å²) in [5.74, 6) is 0.0502. The van der Waals surface area contributed by atoms with Gasteiger partial charge in [0.25, 0.3) is 5.56 Å². The molecule has 0 saturated heterocycles. The standard InChI is InChI=1S/C17H21N3O2/c1-11(2)14-6-4-5-12(3)17(14)19-15(21)10-20-9-13(18)7-8-16(20)22/h4-9,11H,10,18H2,1-3H3,(H,19,21). The number of aryl methyl sites for hydroxylation is 1. The summed E-state index contributed by atoms with van der Waals surface area (Å²) in [6.07, 6.45) is 1.48. The molecular formula is C17H21N3O2. The highest BCUT2D eigenvalue weighted by Gasteiger charge is 2.12. The van der Waals surface area contributed by atoms with Crippen molar-refractivity contribution in [1.29, 1.82) is 0 Å². The second-order valence-corrected chi connectivity index (χ2v) is 5.67. The Balaban J connectivity index is 2.23. The van der Waals surface area contributed by atoms with Gasteiger partial charge < -0.3 is 15.6 Å². The number of rotatable bonds is 4. The topological polar surface area (TPSA) is 77.1 Å². The molecule has 0 radical (unpaired) electrons. The number of benzene rings is 1. The molecule has 0 atom stereocenters. The van der Waals surface area contributed by atoms with Gasteiger partial charge in [-0.05, 0) is 30.0 Å². The normalized spacial score (nSPS) is 10.7. The van der Waals surface area contributed by atoms with Gasteiger partial charge in [-0.3, -0.25) is 9.59 Å². The molecule has 2 aromatic rings. The van der Waals surface area contributed by atoms with Gasteiger partial charge >= 0.3 is 0 Å². The van der Waals surface area contributed by atoms with Gasteiger partial charge in [-0.1, -0.05) is 32.0 Å². The van der Waals surface area contributed by atoms with Crippen LogP contribution in [0.2, 0.25) is 0 Å². The molecule has 1 heterocycles. The molecular weight excluding hydrogens is 278 g/mol. The van der Waals surface area contributed by atoms with Crippen LogP contribution in [0.25, 0.3) is 0 Å². The fourth-order valence-corrected chi connectivity index (χ4v) is 2.35. The maximum absolute atomic E-state index is 12.3. The Morgan fingerprint density at radius 1 is 1.27 bits per heavy atom. The summed E-state index contributed by atoms with van der Waals surface area (Å²) < 4.78 is 1.30. The van der Waals surface area contributed by atoms with E-state index in [4.69, 9.17) is 5.73 Å². The van der Waals surface area contributed by atoms with E-state index < -0.39 is 0 Å². The molecule has 0 saturated carbocycles. The van der Waals surface area contributed by atoms with Crippen LogP contribution in [0, 0.1) is 6.92 Å². The Kier molecular flexibility index (Phi) is 4.65. The van der Waals surface area contributed by atoms with Crippen molar-refractivity contribution in [2.24, 2.45) is 0 Å². The number of nitrogen functional groups attached to an aromatic ring is 1. The molecule has 0 fully saturated rings. The highest BCUT2D eigenvalue weighted by Crippen LogP contribution is 2.27. The third kappa shape index (κ3) is 3.55. The third-order valence-corrected chi connectivity index (χ3v) is 3.51. The summed E-state index contributed by atoms with van der Waals surface area (Å²) >= 11 is 0. The Labute approximate surface area is 129 Å². The van der Waals surface area contributed by atoms with Crippen LogP contribution < -0.4 is 16.6 Å². The van der Waals surface area contributed by atoms with E-state index in [0.29, 0.717) is 11.6 Å². The number of nitrogens with zero attached hydrogens (tertiary/aromatic N) is 1. The van der Waals surface area contributed by atoms with Gasteiger partial charge in [-0.25, -0.2) is 0 Å². The van der Waals surface area contributed by atoms with Crippen LogP contribution >= 0.6 is 0 Å². The molecule has 116 valence electrons. The van der Waals surface area contributed by atoms with Crippen molar-refractivity contribution in [1.82, 2.24) is 4.57 Å². The Morgan fingerprint density at radius 3 is 2.68 bits per heavy atom. The molecule has 2 rings (SSSR count). The number of anilines is 2. The number of carbonyl (C=O) groups excluding carboxylic acids is 1. The number of aromatic nitrogens is 1. The van der Waals surface area contributed by atoms with Gasteiger partial charge in [-0.15, -0.1) is 0 Å². The Morgan fingerprint density at radius 2 is 2.00 bits per heavy atom. The lowest BCUT2D eigenvalue weighted by atomic mass is 9.98. The molecule has 3 N–H and O–H groups in total. The van der Waals surface area contributed by atoms with E-state index in [2.05, 4.69) is 19.2 Å². The van der Waals surface area contributed by atoms with Crippen molar-refractivity contribution in [3.05, 3.63) is 58.0 Å². The fourth-order valence-electron chi connectivity index (χ4n) is 2.35. The first-order chi connectivity index (χ1) is 10.4. The second-order valence-electron chi connectivity index (χ2n) is 5.67. The number of hydrogen-bond acceptors (Lipinski definition) is 3. The summed E-state index contributed by atoms with van der Waals surface area (Å²) in [6.45, 7) is 6.05. The lowest BCUT2D eigenvalue weighted by molar-refractivity contribution is -0.116. The van der Waals surface area contributed by atoms with E-state index in [1.165, 1.54) is 22.9 Å². The summed E-state index contributed by atoms with van der Waals surface area (Å²) in [7, 11) is 0. The number of pyridine rings is 1. The zero-order valence-corrected chi connectivity index (χ0v) is 13.1. The minimum Gasteiger partial charge on any atom is -0.398 e. The molecule has 1 aromatic heterocycles. The van der Waals surface area contributed by atoms with Crippen LogP contribution in [0.1, 0.15) is 30.9 Å². The fraction of sp³-hybridized carbons (Fsp3) is 0.294. The maximum Gasteiger partial charge on any atom is 0.251 e. The summed E-state index contributed by atoms with van der Waals surface area (Å²) in [4.78, 5) is 24.0. The number of para-hydroxylation sites is 1. The minimum absolute atomic E-state index is 0.0598. The number of nitrogens with two attached hydrogens (primary N) is 1. The molecule has 0 spiro atoms. The molecule has 0 bridgehead atoms. The van der Waals surface area contributed by atoms with Crippen molar-refractivity contribution < 1.29 is 4.79 Å². The van der Waals surface area contributed by atoms with Crippen LogP contribution in [0.3, 0.4) is 0 Å². The molecule has 1 amide bonds. The number of nitrogens with one attached hydrogen (secondary N) is 1. The zero-order valence-electron chi connectivity index (χ0n) is 13.1. The molecule has 5 nitrogen and oxygen atoms in total. The highest BCUT2D eigenvalue weighted by atomic mass is 16.2. The van der Waals surface area contributed by atoms with E-state index in [1.54, 1.807) is 0 Å². The minimum atomic E-state index is -0.252. The molecule has 0 aliphatic heterocycles. The molecule has 1 aromatic carbocycles. The molecule has 5 heteroatoms. The second kappa shape index (κ2) is 6.47. The smallest absolute Gasteiger partial charge is 0.251 e. The molecule has 0 aliphatic carbocycles. The lowest BCUT2D eigenvalue weighted by Crippen LogP contribution is -2.27. The van der Waals surface area contributed by atoms with Crippen LogP contribution in [0.4, 0.5) is 11.4 Å². The summed E-state index contributed by atoms with van der Waals surface area (Å²) in [6, 6.07) is 8.81. The first-order valence-corrected chi connectivity index (χ1v) is 7.24. The van der Waals surface area contributed by atoms with Crippen molar-refractivity contribution in [3.8, 4) is 0 Å². The van der Waals surface area contributed by atoms with E-state index in [9.17, 15) is 9.59 Å². The van der Waals surface area contributed by atoms with Gasteiger partial charge in [-0.2, -0.15) is 0 Å². The van der Waals surface area contributed by atoms with Gasteiger partial charge in [0.05, 0.1) is 0 Å². The van der Waals surface area contributed by atoms with Crippen LogP contribution in [0.15, 0.2) is 41.3 Å². The molecule has 0 aliphatic rings. The first kappa shape index (κ1) is 15.8. The van der Waals surface area contributed by atoms with Crippen LogP contribution in [-0.2, 0) is 11.3 Å². The van der Waals surface area contributed by atoms with E-state index >= 15 is 0 Å². The largest absolute Gasteiger partial charge is 0.398 e. The predicted octanol–water partition coefficient (Wildman–Crippen LogP) is 2.50. The zero-order chi connectivity index (χ0) is 16.3. The Hall–Kier alpha value is -2.56. The van der Waals surface area contributed by atoms with E-state index in [1.807, 2.05) is 25.1 Å². The van der Waals surface area contributed by atoms with Crippen molar-refractivity contribution in [3.63, 3.8) is 0 Å². The van der Waals surface area contributed by atoms with Crippen molar-refractivity contribution >= 4 is 17.3 Å². The third-order valence-electron chi connectivity index (χ3n) is 3.51. The highest BCUT2D eigenvalue weighted by molar-refractivity contribution is 5.92. The number of carbonyl (C=O) groups is 1. The van der Waals surface area contributed by atoms with E-state index in [-0.39, 0.29) is 18.0 Å². The SMILES string of the molecule is Cc1cccc(C(C)C)c1NC(=O)Cn1cc(N)ccc1=O. The van der Waals surface area contributed by atoms with Crippen molar-refractivity contribution in [2.75, 3.05) is 11.1 Å². The Bertz CT molecular complexity index is 748. The first-order valence-electron chi connectivity index (χ1n) is 7.24. The quantitative estimate of drug-likeness (QED) is 0.910. The van der Waals surface area contributed by atoms with Gasteiger partial charge in [0, 0.05) is 23.6 Å². The van der Waals surface area contributed by atoms with Crippen LogP contribution in [-0.4, -0.2) is 10.5 Å². The number of hydrogen-bond donors (Lipinski definition) is 2. The maximum atomic E-state index is 12.3. The molecule has 0 unspecified atom stereocenters. The average Bonchev–Trinajstić information content (AvgIpc) is 2.44. The molecule has 22 heavy (non-hydrogen) atoms. The summed E-state index contributed by atoms with van der Waals surface area (Å²) in [5.41, 5.74) is 8.75. The number of amides is 1. The lowest BCUT2D eigenvalue weighted by Gasteiger charge is -2.16. The monoisotopic (exact) mass is 299 g/mol. The average molecular weight is 299 g/mol. The van der Waals surface area contributed by atoms with Crippen LogP contribution in [0.5, 0.6) is 0 Å². The van der Waals surface area contributed by atoms with Gasteiger partial charge in [0.1, 0.15) is 6.54 Å². The van der Waals surface area contributed by atoms with Gasteiger partial charge in [0.15, 0.2) is 0 Å². The summed E-state index contributed by atoms with van der Waals surface area (Å²) in [5, 5.41) is 2.92. The van der Waals surface area contributed by atoms with Crippen molar-refractivity contribution in [2.45, 2.75) is 33.2 Å².